The van der Waals surface area contributed by atoms with Crippen LogP contribution in [-0.4, -0.2) is 11.0 Å². The zero-order valence-corrected chi connectivity index (χ0v) is 9.34. The molecular weight excluding hydrogens is 198 g/mol. The van der Waals surface area contributed by atoms with Crippen LogP contribution in [0.3, 0.4) is 0 Å². The van der Waals surface area contributed by atoms with Crippen molar-refractivity contribution in [3.05, 3.63) is 16.6 Å². The van der Waals surface area contributed by atoms with Gasteiger partial charge in [-0.3, -0.25) is 4.79 Å². The molecule has 0 saturated carbocycles. The van der Waals surface area contributed by atoms with E-state index >= 15 is 0 Å². The number of hydrogen-bond donors (Lipinski definition) is 0. The normalized spacial score (nSPS) is 12.4. The van der Waals surface area contributed by atoms with Crippen molar-refractivity contribution in [3.8, 4) is 0 Å². The molecule has 1 atom stereocenters. The van der Waals surface area contributed by atoms with Crippen molar-refractivity contribution in [2.24, 2.45) is 0 Å². The molecule has 14 heavy (non-hydrogen) atoms. The van der Waals surface area contributed by atoms with Crippen LogP contribution >= 0.6 is 11.3 Å². The standard InChI is InChI=1S/C10H15NO2S/c1-3-5-9(12)13-8(4-2)10-11-6-7-14-10/h6-8H,3-5H2,1-2H3/t8-/m1/s1. The van der Waals surface area contributed by atoms with E-state index in [1.165, 1.54) is 11.3 Å². The fourth-order valence-electron chi connectivity index (χ4n) is 1.12. The summed E-state index contributed by atoms with van der Waals surface area (Å²) in [6.45, 7) is 3.96. The summed E-state index contributed by atoms with van der Waals surface area (Å²) < 4.78 is 5.29. The Balaban J connectivity index is 2.51. The van der Waals surface area contributed by atoms with Crippen LogP contribution in [0.2, 0.25) is 0 Å². The molecule has 0 unspecified atom stereocenters. The van der Waals surface area contributed by atoms with Gasteiger partial charge >= 0.3 is 5.97 Å². The topological polar surface area (TPSA) is 39.2 Å². The highest BCUT2D eigenvalue weighted by Gasteiger charge is 2.16. The summed E-state index contributed by atoms with van der Waals surface area (Å²) in [5.74, 6) is -0.130. The maximum Gasteiger partial charge on any atom is 0.306 e. The Hall–Kier alpha value is -0.900. The molecule has 4 heteroatoms. The molecular formula is C10H15NO2S. The Bertz CT molecular complexity index is 272. The second-order valence-electron chi connectivity index (χ2n) is 3.01. The third-order valence-corrected chi connectivity index (χ3v) is 2.69. The molecule has 1 heterocycles. The van der Waals surface area contributed by atoms with E-state index in [2.05, 4.69) is 4.98 Å². The average Bonchev–Trinajstić information content (AvgIpc) is 2.67. The molecule has 0 saturated heterocycles. The molecule has 0 aliphatic heterocycles. The Morgan fingerprint density at radius 1 is 1.64 bits per heavy atom. The van der Waals surface area contributed by atoms with Gasteiger partial charge in [0.1, 0.15) is 5.01 Å². The van der Waals surface area contributed by atoms with Crippen molar-refractivity contribution >= 4 is 17.3 Å². The molecule has 0 aromatic carbocycles. The maximum absolute atomic E-state index is 11.3. The summed E-state index contributed by atoms with van der Waals surface area (Å²) in [7, 11) is 0. The number of thiazole rings is 1. The Morgan fingerprint density at radius 3 is 2.93 bits per heavy atom. The van der Waals surface area contributed by atoms with Crippen molar-refractivity contribution in [2.75, 3.05) is 0 Å². The predicted octanol–water partition coefficient (Wildman–Crippen LogP) is 2.94. The number of ether oxygens (including phenoxy) is 1. The van der Waals surface area contributed by atoms with Gasteiger partial charge in [-0.2, -0.15) is 0 Å². The van der Waals surface area contributed by atoms with Gasteiger partial charge < -0.3 is 4.74 Å². The van der Waals surface area contributed by atoms with Crippen LogP contribution in [0.4, 0.5) is 0 Å². The molecule has 0 amide bonds. The number of aromatic nitrogens is 1. The van der Waals surface area contributed by atoms with Crippen LogP contribution in [0.1, 0.15) is 44.2 Å². The van der Waals surface area contributed by atoms with Crippen molar-refractivity contribution in [1.29, 1.82) is 0 Å². The van der Waals surface area contributed by atoms with Crippen LogP contribution in [0.15, 0.2) is 11.6 Å². The number of carbonyl (C=O) groups excluding carboxylic acids is 1. The van der Waals surface area contributed by atoms with E-state index < -0.39 is 0 Å². The molecule has 0 aliphatic carbocycles. The Labute approximate surface area is 88.1 Å². The van der Waals surface area contributed by atoms with E-state index in [0.717, 1.165) is 17.8 Å². The van der Waals surface area contributed by atoms with E-state index in [-0.39, 0.29) is 12.1 Å². The average molecular weight is 213 g/mol. The molecule has 0 aliphatic rings. The molecule has 1 aromatic rings. The Kier molecular flexibility index (Phi) is 4.59. The summed E-state index contributed by atoms with van der Waals surface area (Å²) in [5.41, 5.74) is 0. The highest BCUT2D eigenvalue weighted by Crippen LogP contribution is 2.23. The van der Waals surface area contributed by atoms with E-state index in [9.17, 15) is 4.79 Å². The van der Waals surface area contributed by atoms with Crippen LogP contribution in [0.5, 0.6) is 0 Å². The third kappa shape index (κ3) is 3.10. The lowest BCUT2D eigenvalue weighted by molar-refractivity contribution is -0.149. The van der Waals surface area contributed by atoms with Gasteiger partial charge in [-0.15, -0.1) is 11.3 Å². The van der Waals surface area contributed by atoms with Gasteiger partial charge in [0.05, 0.1) is 0 Å². The first kappa shape index (κ1) is 11.2. The number of nitrogens with zero attached hydrogens (tertiary/aromatic N) is 1. The highest BCUT2D eigenvalue weighted by molar-refractivity contribution is 7.09. The molecule has 0 spiro atoms. The van der Waals surface area contributed by atoms with Crippen LogP contribution in [0, 0.1) is 0 Å². The molecule has 78 valence electrons. The predicted molar refractivity (Wildman–Crippen MR) is 56.1 cm³/mol. The number of esters is 1. The van der Waals surface area contributed by atoms with Gasteiger partial charge in [-0.25, -0.2) is 4.98 Å². The fourth-order valence-corrected chi connectivity index (χ4v) is 1.87. The van der Waals surface area contributed by atoms with E-state index in [0.29, 0.717) is 6.42 Å². The number of hydrogen-bond acceptors (Lipinski definition) is 4. The van der Waals surface area contributed by atoms with E-state index in [4.69, 9.17) is 4.74 Å². The van der Waals surface area contributed by atoms with Crippen molar-refractivity contribution in [2.45, 2.75) is 39.2 Å². The molecule has 1 rings (SSSR count). The zero-order chi connectivity index (χ0) is 10.4. The summed E-state index contributed by atoms with van der Waals surface area (Å²) in [5, 5.41) is 2.78. The fraction of sp³-hybridized carbons (Fsp3) is 0.600. The largest absolute Gasteiger partial charge is 0.455 e. The Morgan fingerprint density at radius 2 is 2.43 bits per heavy atom. The molecule has 1 aromatic heterocycles. The summed E-state index contributed by atoms with van der Waals surface area (Å²) in [6.07, 6.45) is 3.67. The van der Waals surface area contributed by atoms with Gasteiger partial charge in [0.25, 0.3) is 0 Å². The van der Waals surface area contributed by atoms with Gasteiger partial charge in [0.2, 0.25) is 0 Å². The lowest BCUT2D eigenvalue weighted by atomic mass is 10.3. The van der Waals surface area contributed by atoms with Crippen molar-refractivity contribution in [1.82, 2.24) is 4.98 Å². The monoisotopic (exact) mass is 213 g/mol. The van der Waals surface area contributed by atoms with Crippen molar-refractivity contribution < 1.29 is 9.53 Å². The second kappa shape index (κ2) is 5.75. The van der Waals surface area contributed by atoms with Gasteiger partial charge in [0, 0.05) is 18.0 Å². The van der Waals surface area contributed by atoms with Crippen LogP contribution < -0.4 is 0 Å². The van der Waals surface area contributed by atoms with Gasteiger partial charge in [0.15, 0.2) is 6.10 Å². The minimum atomic E-state index is -0.158. The molecule has 0 fully saturated rings. The summed E-state index contributed by atoms with van der Waals surface area (Å²) >= 11 is 1.53. The third-order valence-electron chi connectivity index (χ3n) is 1.83. The van der Waals surface area contributed by atoms with Gasteiger partial charge in [-0.05, 0) is 12.8 Å². The first-order valence-electron chi connectivity index (χ1n) is 4.86. The SMILES string of the molecule is CCCC(=O)O[C@H](CC)c1nccs1. The van der Waals surface area contributed by atoms with Gasteiger partial charge in [-0.1, -0.05) is 13.8 Å². The maximum atomic E-state index is 11.3. The highest BCUT2D eigenvalue weighted by atomic mass is 32.1. The minimum Gasteiger partial charge on any atom is -0.455 e. The second-order valence-corrected chi connectivity index (χ2v) is 3.93. The lowest BCUT2D eigenvalue weighted by Crippen LogP contribution is -2.10. The molecule has 3 nitrogen and oxygen atoms in total. The molecule has 0 N–H and O–H groups in total. The summed E-state index contributed by atoms with van der Waals surface area (Å²) in [6, 6.07) is 0. The van der Waals surface area contributed by atoms with Crippen LogP contribution in [-0.2, 0) is 9.53 Å². The van der Waals surface area contributed by atoms with E-state index in [1.54, 1.807) is 6.20 Å². The first-order valence-corrected chi connectivity index (χ1v) is 5.74. The molecule has 0 radical (unpaired) electrons. The molecule has 0 bridgehead atoms. The minimum absolute atomic E-state index is 0.130. The smallest absolute Gasteiger partial charge is 0.306 e. The number of carbonyl (C=O) groups is 1. The van der Waals surface area contributed by atoms with Crippen LogP contribution in [0.25, 0.3) is 0 Å². The lowest BCUT2D eigenvalue weighted by Gasteiger charge is -2.12. The van der Waals surface area contributed by atoms with Crippen molar-refractivity contribution in [3.63, 3.8) is 0 Å². The first-order chi connectivity index (χ1) is 6.77. The zero-order valence-electron chi connectivity index (χ0n) is 8.53. The van der Waals surface area contributed by atoms with E-state index in [1.807, 2.05) is 19.2 Å². The summed E-state index contributed by atoms with van der Waals surface area (Å²) in [4.78, 5) is 15.4. The number of rotatable bonds is 5. The quantitative estimate of drug-likeness (QED) is 0.706.